The van der Waals surface area contributed by atoms with Crippen LogP contribution in [-0.4, -0.2) is 13.2 Å². The normalized spacial score (nSPS) is 9.78. The highest BCUT2D eigenvalue weighted by molar-refractivity contribution is 5.43. The van der Waals surface area contributed by atoms with Crippen molar-refractivity contribution in [1.82, 2.24) is 5.32 Å². The molecule has 0 aliphatic rings. The van der Waals surface area contributed by atoms with E-state index in [4.69, 9.17) is 4.74 Å². The zero-order valence-electron chi connectivity index (χ0n) is 11.9. The molecule has 0 bridgehead atoms. The lowest BCUT2D eigenvalue weighted by Gasteiger charge is -2.13. The molecule has 0 amide bonds. The summed E-state index contributed by atoms with van der Waals surface area (Å²) >= 11 is 0. The van der Waals surface area contributed by atoms with Crippen molar-refractivity contribution in [2.24, 2.45) is 0 Å². The fraction of sp³-hybridized carbons (Fsp3) is 0.500. The molecule has 0 radical (unpaired) electrons. The molecule has 0 aliphatic heterocycles. The Morgan fingerprint density at radius 1 is 1.22 bits per heavy atom. The standard InChI is InChI=1S/C16H23NO/c1-5-7-9-18-16-13(3)10-15(11-14(16)4)12-17-8-6-2/h10-11,17H,6,8-9,12H2,1-4H3. The predicted molar refractivity (Wildman–Crippen MR) is 76.9 cm³/mol. The van der Waals surface area contributed by atoms with E-state index >= 15 is 0 Å². The molecule has 0 spiro atoms. The van der Waals surface area contributed by atoms with E-state index in [-0.39, 0.29) is 0 Å². The number of hydrogen-bond acceptors (Lipinski definition) is 2. The molecule has 0 heterocycles. The largest absolute Gasteiger partial charge is 0.480 e. The van der Waals surface area contributed by atoms with Crippen molar-refractivity contribution >= 4 is 0 Å². The first-order chi connectivity index (χ1) is 8.69. The van der Waals surface area contributed by atoms with E-state index in [2.05, 4.69) is 50.1 Å². The van der Waals surface area contributed by atoms with Crippen molar-refractivity contribution in [2.75, 3.05) is 13.2 Å². The van der Waals surface area contributed by atoms with Crippen LogP contribution in [0.15, 0.2) is 12.1 Å². The number of ether oxygens (including phenoxy) is 1. The van der Waals surface area contributed by atoms with Gasteiger partial charge in [0.05, 0.1) is 0 Å². The maximum Gasteiger partial charge on any atom is 0.149 e. The topological polar surface area (TPSA) is 21.3 Å². The Labute approximate surface area is 111 Å². The van der Waals surface area contributed by atoms with E-state index < -0.39 is 0 Å². The molecule has 98 valence electrons. The molecule has 0 aliphatic carbocycles. The van der Waals surface area contributed by atoms with Gasteiger partial charge in [0.1, 0.15) is 12.4 Å². The van der Waals surface area contributed by atoms with Crippen LogP contribution in [-0.2, 0) is 6.54 Å². The van der Waals surface area contributed by atoms with Gasteiger partial charge in [0.25, 0.3) is 0 Å². The maximum absolute atomic E-state index is 5.69. The van der Waals surface area contributed by atoms with Gasteiger partial charge in [0, 0.05) is 6.54 Å². The van der Waals surface area contributed by atoms with E-state index in [1.807, 2.05) is 6.92 Å². The van der Waals surface area contributed by atoms with Gasteiger partial charge in [0.2, 0.25) is 0 Å². The van der Waals surface area contributed by atoms with Gasteiger partial charge < -0.3 is 10.1 Å². The highest BCUT2D eigenvalue weighted by atomic mass is 16.5. The minimum absolute atomic E-state index is 0.464. The number of hydrogen-bond donors (Lipinski definition) is 1. The lowest BCUT2D eigenvalue weighted by molar-refractivity contribution is 0.364. The molecule has 0 unspecified atom stereocenters. The number of rotatable bonds is 6. The second-order valence-electron chi connectivity index (χ2n) is 4.45. The lowest BCUT2D eigenvalue weighted by atomic mass is 10.1. The first-order valence-corrected chi connectivity index (χ1v) is 6.52. The van der Waals surface area contributed by atoms with E-state index in [1.54, 1.807) is 0 Å². The van der Waals surface area contributed by atoms with Crippen LogP contribution in [0.1, 0.15) is 37.0 Å². The molecule has 1 aromatic carbocycles. The second-order valence-corrected chi connectivity index (χ2v) is 4.45. The highest BCUT2D eigenvalue weighted by Crippen LogP contribution is 2.24. The summed E-state index contributed by atoms with van der Waals surface area (Å²) in [5.74, 6) is 6.73. The quantitative estimate of drug-likeness (QED) is 0.614. The summed E-state index contributed by atoms with van der Waals surface area (Å²) < 4.78 is 5.69. The molecule has 0 atom stereocenters. The van der Waals surface area contributed by atoms with Crippen molar-refractivity contribution in [2.45, 2.75) is 40.7 Å². The van der Waals surface area contributed by atoms with Crippen molar-refractivity contribution in [3.63, 3.8) is 0 Å². The van der Waals surface area contributed by atoms with Gasteiger partial charge in [0.15, 0.2) is 0 Å². The lowest BCUT2D eigenvalue weighted by Crippen LogP contribution is -2.14. The van der Waals surface area contributed by atoms with Crippen molar-refractivity contribution in [1.29, 1.82) is 0 Å². The molecule has 2 heteroatoms. The molecule has 0 saturated carbocycles. The molecule has 1 N–H and O–H groups in total. The summed E-state index contributed by atoms with van der Waals surface area (Å²) in [7, 11) is 0. The van der Waals surface area contributed by atoms with Gasteiger partial charge in [-0.1, -0.05) is 25.0 Å². The summed E-state index contributed by atoms with van der Waals surface area (Å²) in [4.78, 5) is 0. The fourth-order valence-corrected chi connectivity index (χ4v) is 1.96. The van der Waals surface area contributed by atoms with Gasteiger partial charge in [-0.3, -0.25) is 0 Å². The van der Waals surface area contributed by atoms with Crippen LogP contribution in [0.5, 0.6) is 5.75 Å². The van der Waals surface area contributed by atoms with Crippen LogP contribution in [0, 0.1) is 25.7 Å². The Hall–Kier alpha value is -1.46. The third-order valence-electron chi connectivity index (χ3n) is 2.74. The monoisotopic (exact) mass is 245 g/mol. The number of nitrogens with one attached hydrogen (secondary N) is 1. The highest BCUT2D eigenvalue weighted by Gasteiger charge is 2.05. The Morgan fingerprint density at radius 2 is 1.89 bits per heavy atom. The Kier molecular flexibility index (Phi) is 6.32. The summed E-state index contributed by atoms with van der Waals surface area (Å²) in [5, 5.41) is 3.41. The molecule has 0 saturated heterocycles. The van der Waals surface area contributed by atoms with Crippen molar-refractivity contribution < 1.29 is 4.74 Å². The van der Waals surface area contributed by atoms with Crippen molar-refractivity contribution in [3.8, 4) is 17.6 Å². The molecule has 1 aromatic rings. The van der Waals surface area contributed by atoms with Crippen molar-refractivity contribution in [3.05, 3.63) is 28.8 Å². The van der Waals surface area contributed by atoms with Gasteiger partial charge in [-0.05, 0) is 50.4 Å². The molecule has 2 nitrogen and oxygen atoms in total. The van der Waals surface area contributed by atoms with E-state index in [0.29, 0.717) is 6.61 Å². The maximum atomic E-state index is 5.69. The Morgan fingerprint density at radius 3 is 2.44 bits per heavy atom. The first-order valence-electron chi connectivity index (χ1n) is 6.52. The zero-order valence-corrected chi connectivity index (χ0v) is 11.9. The van der Waals surface area contributed by atoms with Crippen LogP contribution >= 0.6 is 0 Å². The molecule has 1 rings (SSSR count). The number of aryl methyl sites for hydroxylation is 2. The Bertz CT molecular complexity index is 417. The van der Waals surface area contributed by atoms with Gasteiger partial charge in [-0.15, -0.1) is 5.92 Å². The molecule has 18 heavy (non-hydrogen) atoms. The average Bonchev–Trinajstić information content (AvgIpc) is 2.33. The fourth-order valence-electron chi connectivity index (χ4n) is 1.96. The molecule has 0 fully saturated rings. The average molecular weight is 245 g/mol. The summed E-state index contributed by atoms with van der Waals surface area (Å²) in [5.41, 5.74) is 3.68. The third kappa shape index (κ3) is 4.43. The number of benzene rings is 1. The van der Waals surface area contributed by atoms with Gasteiger partial charge in [-0.25, -0.2) is 0 Å². The van der Waals surface area contributed by atoms with E-state index in [9.17, 15) is 0 Å². The third-order valence-corrected chi connectivity index (χ3v) is 2.74. The van der Waals surface area contributed by atoms with Crippen LogP contribution in [0.3, 0.4) is 0 Å². The molecular weight excluding hydrogens is 222 g/mol. The van der Waals surface area contributed by atoms with E-state index in [0.717, 1.165) is 25.3 Å². The van der Waals surface area contributed by atoms with Crippen LogP contribution in [0.4, 0.5) is 0 Å². The predicted octanol–water partition coefficient (Wildman–Crippen LogP) is 3.21. The van der Waals surface area contributed by atoms with Crippen LogP contribution in [0.25, 0.3) is 0 Å². The van der Waals surface area contributed by atoms with Gasteiger partial charge >= 0.3 is 0 Å². The second kappa shape index (κ2) is 7.79. The first kappa shape index (κ1) is 14.6. The minimum Gasteiger partial charge on any atom is -0.480 e. The van der Waals surface area contributed by atoms with E-state index in [1.165, 1.54) is 16.7 Å². The summed E-state index contributed by atoms with van der Waals surface area (Å²) in [6.45, 7) is 10.6. The molecular formula is C16H23NO. The zero-order chi connectivity index (χ0) is 13.4. The summed E-state index contributed by atoms with van der Waals surface area (Å²) in [6, 6.07) is 4.37. The minimum atomic E-state index is 0.464. The van der Waals surface area contributed by atoms with Gasteiger partial charge in [-0.2, -0.15) is 0 Å². The molecule has 0 aromatic heterocycles. The SMILES string of the molecule is CC#CCOc1c(C)cc(CNCCC)cc1C. The Balaban J connectivity index is 2.72. The summed E-state index contributed by atoms with van der Waals surface area (Å²) in [6.07, 6.45) is 1.16. The van der Waals surface area contributed by atoms with Crippen LogP contribution in [0.2, 0.25) is 0 Å². The van der Waals surface area contributed by atoms with Crippen LogP contribution < -0.4 is 10.1 Å². The smallest absolute Gasteiger partial charge is 0.149 e.